The summed E-state index contributed by atoms with van der Waals surface area (Å²) in [5.41, 5.74) is 0.791. The predicted molar refractivity (Wildman–Crippen MR) is 63.8 cm³/mol. The summed E-state index contributed by atoms with van der Waals surface area (Å²) in [7, 11) is 0. The summed E-state index contributed by atoms with van der Waals surface area (Å²) in [6, 6.07) is 5.50. The summed E-state index contributed by atoms with van der Waals surface area (Å²) in [5, 5.41) is 11.6. The molecule has 1 aliphatic rings. The number of rotatable bonds is 3. The summed E-state index contributed by atoms with van der Waals surface area (Å²) in [5.74, 6) is -0.353. The van der Waals surface area contributed by atoms with Crippen molar-refractivity contribution in [2.45, 2.75) is 13.0 Å². The lowest BCUT2D eigenvalue weighted by atomic mass is 10.1. The first-order valence-corrected chi connectivity index (χ1v) is 5.82. The van der Waals surface area contributed by atoms with E-state index in [-0.39, 0.29) is 18.4 Å². The maximum atomic E-state index is 11.8. The number of hydrogen-bond donors (Lipinski definition) is 2. The number of pyridine rings is 1. The van der Waals surface area contributed by atoms with Crippen LogP contribution >= 0.6 is 0 Å². The van der Waals surface area contributed by atoms with E-state index in [1.165, 1.54) is 4.90 Å². The number of carboxylic acid groups (broad SMARTS) is 1. The van der Waals surface area contributed by atoms with Gasteiger partial charge in [-0.1, -0.05) is 6.07 Å². The van der Waals surface area contributed by atoms with Crippen molar-refractivity contribution in [3.05, 3.63) is 30.1 Å². The molecule has 1 fully saturated rings. The van der Waals surface area contributed by atoms with Crippen molar-refractivity contribution in [3.8, 4) is 0 Å². The lowest BCUT2D eigenvalue weighted by Gasteiger charge is -2.12. The summed E-state index contributed by atoms with van der Waals surface area (Å²) < 4.78 is 0. The van der Waals surface area contributed by atoms with E-state index in [9.17, 15) is 9.59 Å². The second-order valence-electron chi connectivity index (χ2n) is 4.25. The molecular formula is C12H15N3O3. The Kier molecular flexibility index (Phi) is 3.76. The average molecular weight is 249 g/mol. The molecule has 0 radical (unpaired) electrons. The topological polar surface area (TPSA) is 82.5 Å². The van der Waals surface area contributed by atoms with E-state index in [0.717, 1.165) is 5.69 Å². The Morgan fingerprint density at radius 3 is 2.94 bits per heavy atom. The normalized spacial score (nSPS) is 18.7. The molecule has 1 atom stereocenters. The minimum atomic E-state index is -0.963. The first kappa shape index (κ1) is 12.3. The molecule has 6 heteroatoms. The van der Waals surface area contributed by atoms with Crippen molar-refractivity contribution < 1.29 is 14.7 Å². The van der Waals surface area contributed by atoms with Gasteiger partial charge in [0.15, 0.2) is 0 Å². The molecule has 0 bridgehead atoms. The monoisotopic (exact) mass is 249 g/mol. The van der Waals surface area contributed by atoms with E-state index >= 15 is 0 Å². The highest BCUT2D eigenvalue weighted by molar-refractivity contribution is 5.80. The third-order valence-electron chi connectivity index (χ3n) is 3.00. The van der Waals surface area contributed by atoms with Gasteiger partial charge in [-0.05, 0) is 18.6 Å². The molecule has 2 rings (SSSR count). The molecule has 1 aliphatic heterocycles. The first-order valence-electron chi connectivity index (χ1n) is 5.82. The number of likely N-dealkylation sites (tertiary alicyclic amines) is 1. The molecule has 18 heavy (non-hydrogen) atoms. The van der Waals surface area contributed by atoms with Gasteiger partial charge in [-0.25, -0.2) is 4.79 Å². The molecule has 96 valence electrons. The van der Waals surface area contributed by atoms with Crippen LogP contribution in [0.2, 0.25) is 0 Å². The lowest BCUT2D eigenvalue weighted by Crippen LogP contribution is -2.33. The van der Waals surface area contributed by atoms with Gasteiger partial charge in [-0.2, -0.15) is 0 Å². The van der Waals surface area contributed by atoms with Crippen molar-refractivity contribution in [1.29, 1.82) is 0 Å². The summed E-state index contributed by atoms with van der Waals surface area (Å²) >= 11 is 0. The molecule has 2 N–H and O–H groups in total. The number of amides is 2. The van der Waals surface area contributed by atoms with E-state index in [1.54, 1.807) is 6.20 Å². The fourth-order valence-electron chi connectivity index (χ4n) is 1.97. The van der Waals surface area contributed by atoms with Crippen LogP contribution < -0.4 is 5.32 Å². The molecule has 6 nitrogen and oxygen atoms in total. The molecule has 0 aliphatic carbocycles. The van der Waals surface area contributed by atoms with Gasteiger partial charge in [-0.15, -0.1) is 0 Å². The smallest absolute Gasteiger partial charge is 0.407 e. The van der Waals surface area contributed by atoms with E-state index in [1.807, 2.05) is 18.2 Å². The second-order valence-corrected chi connectivity index (χ2v) is 4.25. The van der Waals surface area contributed by atoms with E-state index < -0.39 is 6.09 Å². The molecule has 1 aromatic heterocycles. The van der Waals surface area contributed by atoms with Crippen LogP contribution in [0.4, 0.5) is 4.79 Å². The van der Waals surface area contributed by atoms with Gasteiger partial charge < -0.3 is 15.3 Å². The van der Waals surface area contributed by atoms with Gasteiger partial charge in [-0.3, -0.25) is 9.78 Å². The molecule has 1 saturated heterocycles. The van der Waals surface area contributed by atoms with Crippen LogP contribution in [0.1, 0.15) is 12.1 Å². The van der Waals surface area contributed by atoms with Crippen LogP contribution in [0.5, 0.6) is 0 Å². The number of nitrogens with one attached hydrogen (secondary N) is 1. The van der Waals surface area contributed by atoms with E-state index in [2.05, 4.69) is 10.3 Å². The SMILES string of the molecule is O=C(NCc1ccccn1)C1CCN(C(=O)O)C1. The van der Waals surface area contributed by atoms with Crippen molar-refractivity contribution in [3.63, 3.8) is 0 Å². The van der Waals surface area contributed by atoms with Gasteiger partial charge >= 0.3 is 6.09 Å². The molecule has 2 amide bonds. The van der Waals surface area contributed by atoms with Crippen LogP contribution in [0, 0.1) is 5.92 Å². The Labute approximate surface area is 105 Å². The van der Waals surface area contributed by atoms with Crippen LogP contribution in [-0.4, -0.2) is 40.1 Å². The molecule has 0 spiro atoms. The number of hydrogen-bond acceptors (Lipinski definition) is 3. The van der Waals surface area contributed by atoms with Crippen LogP contribution in [-0.2, 0) is 11.3 Å². The van der Waals surface area contributed by atoms with Crippen molar-refractivity contribution in [1.82, 2.24) is 15.2 Å². The predicted octanol–water partition coefficient (Wildman–Crippen LogP) is 0.698. The zero-order valence-electron chi connectivity index (χ0n) is 9.87. The molecule has 1 aromatic rings. The third kappa shape index (κ3) is 2.97. The van der Waals surface area contributed by atoms with Crippen LogP contribution in [0.3, 0.4) is 0 Å². The molecule has 2 heterocycles. The second kappa shape index (κ2) is 5.48. The maximum Gasteiger partial charge on any atom is 0.407 e. The fraction of sp³-hybridized carbons (Fsp3) is 0.417. The summed E-state index contributed by atoms with van der Waals surface area (Å²) in [6.07, 6.45) is 1.29. The fourth-order valence-corrected chi connectivity index (χ4v) is 1.97. The highest BCUT2D eigenvalue weighted by Gasteiger charge is 2.30. The number of aromatic nitrogens is 1. The Morgan fingerprint density at radius 1 is 1.50 bits per heavy atom. The van der Waals surface area contributed by atoms with E-state index in [0.29, 0.717) is 19.5 Å². The highest BCUT2D eigenvalue weighted by Crippen LogP contribution is 2.16. The third-order valence-corrected chi connectivity index (χ3v) is 3.00. The van der Waals surface area contributed by atoms with Gasteiger partial charge in [0.1, 0.15) is 0 Å². The zero-order chi connectivity index (χ0) is 13.0. The van der Waals surface area contributed by atoms with Gasteiger partial charge in [0, 0.05) is 19.3 Å². The quantitative estimate of drug-likeness (QED) is 0.826. The first-order chi connectivity index (χ1) is 8.66. The molecule has 0 saturated carbocycles. The van der Waals surface area contributed by atoms with Gasteiger partial charge in [0.2, 0.25) is 5.91 Å². The highest BCUT2D eigenvalue weighted by atomic mass is 16.4. The molecular weight excluding hydrogens is 234 g/mol. The maximum absolute atomic E-state index is 11.8. The number of carbonyl (C=O) groups excluding carboxylic acids is 1. The van der Waals surface area contributed by atoms with Gasteiger partial charge in [0.05, 0.1) is 18.2 Å². The van der Waals surface area contributed by atoms with Crippen LogP contribution in [0.25, 0.3) is 0 Å². The summed E-state index contributed by atoms with van der Waals surface area (Å²) in [4.78, 5) is 27.9. The number of carbonyl (C=O) groups is 2. The van der Waals surface area contributed by atoms with Crippen molar-refractivity contribution >= 4 is 12.0 Å². The van der Waals surface area contributed by atoms with E-state index in [4.69, 9.17) is 5.11 Å². The van der Waals surface area contributed by atoms with Crippen molar-refractivity contribution in [2.75, 3.05) is 13.1 Å². The summed E-state index contributed by atoms with van der Waals surface area (Å²) in [6.45, 7) is 1.09. The molecule has 0 aromatic carbocycles. The Morgan fingerprint density at radius 2 is 2.33 bits per heavy atom. The van der Waals surface area contributed by atoms with Gasteiger partial charge in [0.25, 0.3) is 0 Å². The largest absolute Gasteiger partial charge is 0.465 e. The Hall–Kier alpha value is -2.11. The Balaban J connectivity index is 1.81. The lowest BCUT2D eigenvalue weighted by molar-refractivity contribution is -0.124. The average Bonchev–Trinajstić information content (AvgIpc) is 2.87. The number of nitrogens with zero attached hydrogens (tertiary/aromatic N) is 2. The standard InChI is InChI=1S/C12H15N3O3/c16-11(9-4-6-15(8-9)12(17)18)14-7-10-3-1-2-5-13-10/h1-3,5,9H,4,6-8H2,(H,14,16)(H,17,18). The van der Waals surface area contributed by atoms with Crippen LogP contribution in [0.15, 0.2) is 24.4 Å². The van der Waals surface area contributed by atoms with Crippen molar-refractivity contribution in [2.24, 2.45) is 5.92 Å². The minimum absolute atomic E-state index is 0.107. The Bertz CT molecular complexity index is 435. The zero-order valence-corrected chi connectivity index (χ0v) is 9.87. The molecule has 1 unspecified atom stereocenters. The minimum Gasteiger partial charge on any atom is -0.465 e.